The lowest BCUT2D eigenvalue weighted by Crippen LogP contribution is -2.11. The summed E-state index contributed by atoms with van der Waals surface area (Å²) in [6, 6.07) is 73.0. The number of fused-ring (bicyclic) bond motifs is 8. The molecule has 0 aromatic heterocycles. The van der Waals surface area contributed by atoms with E-state index in [1.54, 1.807) is 0 Å². The molecule has 0 amide bonds. The van der Waals surface area contributed by atoms with Crippen LogP contribution in [0.1, 0.15) is 0 Å². The Kier molecular flexibility index (Phi) is 6.89. The predicted octanol–water partition coefficient (Wildman–Crippen LogP) is 14.3. The van der Waals surface area contributed by atoms with Crippen molar-refractivity contribution in [3.05, 3.63) is 200 Å². The summed E-state index contributed by atoms with van der Waals surface area (Å²) < 4.78 is 0. The summed E-state index contributed by atoms with van der Waals surface area (Å²) in [5.41, 5.74) is 8.28. The second kappa shape index (κ2) is 12.0. The fraction of sp³-hybridized carbons (Fsp3) is 0. The zero-order valence-corrected chi connectivity index (χ0v) is 28.0. The van der Waals surface area contributed by atoms with Gasteiger partial charge in [0.2, 0.25) is 0 Å². The fourth-order valence-electron chi connectivity index (χ4n) is 7.96. The van der Waals surface area contributed by atoms with Crippen LogP contribution in [-0.4, -0.2) is 0 Å². The maximum atomic E-state index is 2.45. The van der Waals surface area contributed by atoms with Crippen molar-refractivity contribution in [3.63, 3.8) is 0 Å². The molecule has 10 aromatic carbocycles. The van der Waals surface area contributed by atoms with Crippen molar-refractivity contribution in [2.75, 3.05) is 4.90 Å². The van der Waals surface area contributed by atoms with Crippen molar-refractivity contribution in [2.24, 2.45) is 0 Å². The van der Waals surface area contributed by atoms with Gasteiger partial charge in [-0.15, -0.1) is 0 Å². The largest absolute Gasteiger partial charge is 0.309 e. The van der Waals surface area contributed by atoms with Crippen LogP contribution in [0.3, 0.4) is 0 Å². The Morgan fingerprint density at radius 2 is 0.667 bits per heavy atom. The lowest BCUT2D eigenvalue weighted by Gasteiger charge is -2.28. The van der Waals surface area contributed by atoms with E-state index in [4.69, 9.17) is 0 Å². The topological polar surface area (TPSA) is 3.24 Å². The highest BCUT2D eigenvalue weighted by atomic mass is 15.1. The van der Waals surface area contributed by atoms with Crippen LogP contribution in [0.2, 0.25) is 0 Å². The van der Waals surface area contributed by atoms with Crippen LogP contribution in [-0.2, 0) is 0 Å². The smallest absolute Gasteiger partial charge is 0.0540 e. The molecule has 0 fully saturated rings. The SMILES string of the molecule is c1ccc(-c2ccc(-c3ccc(N(c4cccc5ccccc45)c4cccc5c4ccc4ccc6ccc7ccccc7c6c45)cc3)cc2)cc1. The van der Waals surface area contributed by atoms with Gasteiger partial charge in [-0.2, -0.15) is 0 Å². The molecule has 10 rings (SSSR count). The molecule has 0 aliphatic carbocycles. The third-order valence-electron chi connectivity index (χ3n) is 10.4. The minimum Gasteiger partial charge on any atom is -0.309 e. The van der Waals surface area contributed by atoms with Gasteiger partial charge in [0.25, 0.3) is 0 Å². The van der Waals surface area contributed by atoms with Gasteiger partial charge >= 0.3 is 0 Å². The molecule has 0 heterocycles. The molecule has 10 aromatic rings. The minimum atomic E-state index is 1.12. The fourth-order valence-corrected chi connectivity index (χ4v) is 7.96. The second-order valence-corrected chi connectivity index (χ2v) is 13.3. The predicted molar refractivity (Wildman–Crippen MR) is 220 cm³/mol. The molecule has 1 heteroatoms. The summed E-state index contributed by atoms with van der Waals surface area (Å²) in [7, 11) is 0. The van der Waals surface area contributed by atoms with E-state index in [1.807, 2.05) is 0 Å². The van der Waals surface area contributed by atoms with Crippen molar-refractivity contribution in [1.29, 1.82) is 0 Å². The van der Waals surface area contributed by atoms with Crippen LogP contribution in [0.25, 0.3) is 76.1 Å². The summed E-state index contributed by atoms with van der Waals surface area (Å²) in [5.74, 6) is 0. The Morgan fingerprint density at radius 3 is 1.35 bits per heavy atom. The van der Waals surface area contributed by atoms with Crippen molar-refractivity contribution in [2.45, 2.75) is 0 Å². The van der Waals surface area contributed by atoms with Crippen LogP contribution in [0, 0.1) is 0 Å². The van der Waals surface area contributed by atoms with Crippen LogP contribution in [0.5, 0.6) is 0 Å². The molecule has 0 aliphatic rings. The number of anilines is 3. The average molecular weight is 648 g/mol. The molecule has 0 radical (unpaired) electrons. The Hall–Kier alpha value is -6.70. The maximum absolute atomic E-state index is 2.45. The number of nitrogens with zero attached hydrogens (tertiary/aromatic N) is 1. The van der Waals surface area contributed by atoms with Gasteiger partial charge in [0.15, 0.2) is 0 Å². The molecule has 0 N–H and O–H groups in total. The summed E-state index contributed by atoms with van der Waals surface area (Å²) in [4.78, 5) is 2.45. The van der Waals surface area contributed by atoms with Crippen LogP contribution >= 0.6 is 0 Å². The zero-order chi connectivity index (χ0) is 33.7. The Morgan fingerprint density at radius 1 is 0.235 bits per heavy atom. The van der Waals surface area contributed by atoms with Crippen molar-refractivity contribution in [3.8, 4) is 22.3 Å². The lowest BCUT2D eigenvalue weighted by molar-refractivity contribution is 1.31. The molecule has 0 bridgehead atoms. The van der Waals surface area contributed by atoms with Crippen LogP contribution in [0.4, 0.5) is 17.1 Å². The third kappa shape index (κ3) is 4.94. The highest BCUT2D eigenvalue weighted by Gasteiger charge is 2.19. The normalized spacial score (nSPS) is 11.5. The van der Waals surface area contributed by atoms with Gasteiger partial charge in [-0.3, -0.25) is 0 Å². The minimum absolute atomic E-state index is 1.12. The van der Waals surface area contributed by atoms with E-state index < -0.39 is 0 Å². The first-order chi connectivity index (χ1) is 25.3. The highest BCUT2D eigenvalue weighted by molar-refractivity contribution is 6.28. The first-order valence-electron chi connectivity index (χ1n) is 17.6. The Bertz CT molecular complexity index is 2880. The molecule has 0 spiro atoms. The van der Waals surface area contributed by atoms with Crippen LogP contribution in [0.15, 0.2) is 200 Å². The van der Waals surface area contributed by atoms with E-state index in [0.29, 0.717) is 0 Å². The molecule has 238 valence electrons. The standard InChI is InChI=1S/C50H33N/c1-2-10-34(11-3-1)35-20-22-36(23-21-35)37-28-31-42(32-29-37)51(47-18-8-14-38-12-4-6-15-43(38)47)48-19-9-17-46-45(48)33-30-41-27-26-40-25-24-39-13-5-7-16-44(39)49(40)50(41)46/h1-33H. The van der Waals surface area contributed by atoms with Gasteiger partial charge in [0.1, 0.15) is 0 Å². The monoisotopic (exact) mass is 647 g/mol. The Balaban J connectivity index is 1.17. The molecule has 0 unspecified atom stereocenters. The molecular weight excluding hydrogens is 615 g/mol. The highest BCUT2D eigenvalue weighted by Crippen LogP contribution is 2.45. The maximum Gasteiger partial charge on any atom is 0.0540 e. The molecular formula is C50H33N. The molecule has 0 saturated heterocycles. The van der Waals surface area contributed by atoms with Crippen LogP contribution < -0.4 is 4.90 Å². The van der Waals surface area contributed by atoms with E-state index in [9.17, 15) is 0 Å². The zero-order valence-electron chi connectivity index (χ0n) is 28.0. The van der Waals surface area contributed by atoms with Gasteiger partial charge in [-0.05, 0) is 89.6 Å². The van der Waals surface area contributed by atoms with Crippen molar-refractivity contribution in [1.82, 2.24) is 0 Å². The van der Waals surface area contributed by atoms with Gasteiger partial charge < -0.3 is 4.90 Å². The third-order valence-corrected chi connectivity index (χ3v) is 10.4. The average Bonchev–Trinajstić information content (AvgIpc) is 3.21. The first kappa shape index (κ1) is 29.2. The van der Waals surface area contributed by atoms with Gasteiger partial charge in [0.05, 0.1) is 11.4 Å². The van der Waals surface area contributed by atoms with Gasteiger partial charge in [0, 0.05) is 16.5 Å². The lowest BCUT2D eigenvalue weighted by atomic mass is 9.92. The number of hydrogen-bond donors (Lipinski definition) is 0. The van der Waals surface area contributed by atoms with E-state index in [2.05, 4.69) is 205 Å². The van der Waals surface area contributed by atoms with Crippen molar-refractivity contribution >= 4 is 70.9 Å². The molecule has 0 saturated carbocycles. The van der Waals surface area contributed by atoms with E-state index >= 15 is 0 Å². The molecule has 1 nitrogen and oxygen atoms in total. The molecule has 0 atom stereocenters. The van der Waals surface area contributed by atoms with E-state index in [-0.39, 0.29) is 0 Å². The quantitative estimate of drug-likeness (QED) is 0.168. The van der Waals surface area contributed by atoms with Gasteiger partial charge in [-0.1, -0.05) is 176 Å². The molecule has 0 aliphatic heterocycles. The van der Waals surface area contributed by atoms with E-state index in [0.717, 1.165) is 17.1 Å². The van der Waals surface area contributed by atoms with Gasteiger partial charge in [-0.25, -0.2) is 0 Å². The Labute approximate surface area is 297 Å². The second-order valence-electron chi connectivity index (χ2n) is 13.3. The summed E-state index contributed by atoms with van der Waals surface area (Å²) in [5, 5.41) is 12.6. The first-order valence-corrected chi connectivity index (χ1v) is 17.6. The van der Waals surface area contributed by atoms with E-state index in [1.165, 1.54) is 76.1 Å². The van der Waals surface area contributed by atoms with Crippen molar-refractivity contribution < 1.29 is 0 Å². The number of benzene rings is 10. The number of rotatable bonds is 5. The summed E-state index contributed by atoms with van der Waals surface area (Å²) >= 11 is 0. The number of hydrogen-bond acceptors (Lipinski definition) is 1. The summed E-state index contributed by atoms with van der Waals surface area (Å²) in [6.45, 7) is 0. The summed E-state index contributed by atoms with van der Waals surface area (Å²) in [6.07, 6.45) is 0. The molecule has 51 heavy (non-hydrogen) atoms.